The average molecular weight is 383 g/mol. The van der Waals surface area contributed by atoms with Gasteiger partial charge in [-0.1, -0.05) is 29.4 Å². The van der Waals surface area contributed by atoms with Crippen LogP contribution in [0.2, 0.25) is 0 Å². The summed E-state index contributed by atoms with van der Waals surface area (Å²) in [6, 6.07) is 17.0. The summed E-state index contributed by atoms with van der Waals surface area (Å²) < 4.78 is 16.0. The van der Waals surface area contributed by atoms with Crippen LogP contribution >= 0.6 is 11.8 Å². The first-order valence-electron chi connectivity index (χ1n) is 8.62. The van der Waals surface area contributed by atoms with Gasteiger partial charge in [0.15, 0.2) is 0 Å². The maximum absolute atomic E-state index is 12.4. The molecule has 6 heteroatoms. The predicted molar refractivity (Wildman–Crippen MR) is 104 cm³/mol. The number of hydrogen-bond acceptors (Lipinski definition) is 6. The Kier molecular flexibility index (Phi) is 6.54. The van der Waals surface area contributed by atoms with Crippen molar-refractivity contribution in [3.05, 3.63) is 77.2 Å². The highest BCUT2D eigenvalue weighted by atomic mass is 32.2. The first-order valence-corrected chi connectivity index (χ1v) is 9.61. The minimum absolute atomic E-state index is 0.189. The van der Waals surface area contributed by atoms with Gasteiger partial charge in [-0.3, -0.25) is 0 Å². The van der Waals surface area contributed by atoms with Crippen molar-refractivity contribution in [2.24, 2.45) is 0 Å². The summed E-state index contributed by atoms with van der Waals surface area (Å²) in [6.45, 7) is 4.35. The fourth-order valence-corrected chi connectivity index (χ4v) is 3.40. The Hall–Kier alpha value is -2.73. The third-order valence-electron chi connectivity index (χ3n) is 3.73. The van der Waals surface area contributed by atoms with Gasteiger partial charge in [0.05, 0.1) is 11.3 Å². The molecule has 0 saturated heterocycles. The molecular formula is C21H21NO4S. The van der Waals surface area contributed by atoms with E-state index in [9.17, 15) is 4.79 Å². The molecule has 3 aromatic rings. The molecule has 0 bridgehead atoms. The van der Waals surface area contributed by atoms with Crippen LogP contribution in [0.3, 0.4) is 0 Å². The summed E-state index contributed by atoms with van der Waals surface area (Å²) in [5.74, 6) is 1.80. The molecule has 5 nitrogen and oxygen atoms in total. The lowest BCUT2D eigenvalue weighted by Crippen LogP contribution is -2.13. The Bertz CT molecular complexity index is 906. The van der Waals surface area contributed by atoms with Gasteiger partial charge < -0.3 is 14.0 Å². The number of aromatic nitrogens is 1. The molecule has 0 saturated carbocycles. The van der Waals surface area contributed by atoms with E-state index in [0.29, 0.717) is 17.9 Å². The van der Waals surface area contributed by atoms with E-state index in [-0.39, 0.29) is 12.6 Å². The lowest BCUT2D eigenvalue weighted by Gasteiger charge is -2.10. The Morgan fingerprint density at radius 2 is 1.93 bits per heavy atom. The number of ether oxygens (including phenoxy) is 2. The maximum Gasteiger partial charge on any atom is 0.339 e. The average Bonchev–Trinajstić information content (AvgIpc) is 3.09. The van der Waals surface area contributed by atoms with Crippen molar-refractivity contribution >= 4 is 17.7 Å². The van der Waals surface area contributed by atoms with Crippen molar-refractivity contribution in [3.8, 4) is 5.75 Å². The van der Waals surface area contributed by atoms with Crippen LogP contribution in [0, 0.1) is 13.8 Å². The topological polar surface area (TPSA) is 61.6 Å². The predicted octanol–water partition coefficient (Wildman–Crippen LogP) is 4.82. The summed E-state index contributed by atoms with van der Waals surface area (Å²) in [5.41, 5.74) is 2.50. The summed E-state index contributed by atoms with van der Waals surface area (Å²) in [7, 11) is 0. The zero-order chi connectivity index (χ0) is 19.1. The molecule has 0 radical (unpaired) electrons. The second kappa shape index (κ2) is 9.28. The quantitative estimate of drug-likeness (QED) is 0.316. The number of benzene rings is 2. The van der Waals surface area contributed by atoms with E-state index in [4.69, 9.17) is 14.0 Å². The van der Waals surface area contributed by atoms with Crippen molar-refractivity contribution < 1.29 is 18.8 Å². The molecule has 0 aliphatic rings. The molecule has 0 fully saturated rings. The highest BCUT2D eigenvalue weighted by Gasteiger charge is 2.13. The SMILES string of the molecule is Cc1cccc(OCCOC(=O)c2ccccc2SCc2cc(C)on2)c1. The molecule has 0 amide bonds. The largest absolute Gasteiger partial charge is 0.490 e. The van der Waals surface area contributed by atoms with E-state index in [2.05, 4.69) is 5.16 Å². The van der Waals surface area contributed by atoms with Gasteiger partial charge >= 0.3 is 5.97 Å². The van der Waals surface area contributed by atoms with Crippen molar-refractivity contribution in [1.29, 1.82) is 0 Å². The lowest BCUT2D eigenvalue weighted by molar-refractivity contribution is 0.0446. The van der Waals surface area contributed by atoms with E-state index in [1.54, 1.807) is 6.07 Å². The second-order valence-corrected chi connectivity index (χ2v) is 7.03. The maximum atomic E-state index is 12.4. The zero-order valence-corrected chi connectivity index (χ0v) is 16.1. The van der Waals surface area contributed by atoms with E-state index < -0.39 is 0 Å². The molecule has 0 aliphatic heterocycles. The molecule has 0 spiro atoms. The highest BCUT2D eigenvalue weighted by Crippen LogP contribution is 2.26. The molecule has 2 aromatic carbocycles. The number of thioether (sulfide) groups is 1. The van der Waals surface area contributed by atoms with Crippen molar-refractivity contribution in [2.75, 3.05) is 13.2 Å². The fourth-order valence-electron chi connectivity index (χ4n) is 2.48. The molecule has 0 unspecified atom stereocenters. The van der Waals surface area contributed by atoms with Crippen molar-refractivity contribution in [3.63, 3.8) is 0 Å². The summed E-state index contributed by atoms with van der Waals surface area (Å²) in [5, 5.41) is 3.97. The van der Waals surface area contributed by atoms with Gasteiger partial charge in [-0.15, -0.1) is 11.8 Å². The van der Waals surface area contributed by atoms with Crippen molar-refractivity contribution in [2.45, 2.75) is 24.5 Å². The minimum atomic E-state index is -0.359. The molecule has 0 N–H and O–H groups in total. The van der Waals surface area contributed by atoms with Gasteiger partial charge in [0.25, 0.3) is 0 Å². The number of carbonyl (C=O) groups excluding carboxylic acids is 1. The van der Waals surface area contributed by atoms with Crippen LogP contribution in [0.5, 0.6) is 5.75 Å². The number of carbonyl (C=O) groups is 1. The number of aryl methyl sites for hydroxylation is 2. The van der Waals surface area contributed by atoms with Crippen LogP contribution in [0.15, 0.2) is 64.0 Å². The monoisotopic (exact) mass is 383 g/mol. The van der Waals surface area contributed by atoms with Gasteiger partial charge in [-0.2, -0.15) is 0 Å². The number of esters is 1. The summed E-state index contributed by atoms with van der Waals surface area (Å²) >= 11 is 1.52. The molecule has 1 aromatic heterocycles. The molecule has 140 valence electrons. The number of hydrogen-bond donors (Lipinski definition) is 0. The fraction of sp³-hybridized carbons (Fsp3) is 0.238. The highest BCUT2D eigenvalue weighted by molar-refractivity contribution is 7.98. The Morgan fingerprint density at radius 3 is 2.70 bits per heavy atom. The first kappa shape index (κ1) is 19.0. The van der Waals surface area contributed by atoms with E-state index in [0.717, 1.165) is 27.7 Å². The zero-order valence-electron chi connectivity index (χ0n) is 15.3. The third-order valence-corrected chi connectivity index (χ3v) is 4.84. The Labute approximate surface area is 162 Å². The van der Waals surface area contributed by atoms with Gasteiger partial charge in [0.2, 0.25) is 0 Å². The summed E-state index contributed by atoms with van der Waals surface area (Å²) in [4.78, 5) is 13.3. The Balaban J connectivity index is 1.51. The van der Waals surface area contributed by atoms with Gasteiger partial charge in [-0.05, 0) is 43.7 Å². The van der Waals surface area contributed by atoms with E-state index in [1.165, 1.54) is 11.8 Å². The van der Waals surface area contributed by atoms with Crippen LogP contribution in [0.25, 0.3) is 0 Å². The smallest absolute Gasteiger partial charge is 0.339 e. The van der Waals surface area contributed by atoms with Crippen LogP contribution in [-0.2, 0) is 10.5 Å². The lowest BCUT2D eigenvalue weighted by atomic mass is 10.2. The normalized spacial score (nSPS) is 10.6. The third kappa shape index (κ3) is 5.62. The minimum Gasteiger partial charge on any atom is -0.490 e. The standard InChI is InChI=1S/C21H21NO4S/c1-15-6-5-7-18(12-15)24-10-11-25-21(23)19-8-3-4-9-20(19)27-14-17-13-16(2)26-22-17/h3-9,12-13H,10-11,14H2,1-2H3. The van der Waals surface area contributed by atoms with Crippen molar-refractivity contribution in [1.82, 2.24) is 5.16 Å². The van der Waals surface area contributed by atoms with Crippen LogP contribution < -0.4 is 4.74 Å². The van der Waals surface area contributed by atoms with E-state index in [1.807, 2.05) is 62.4 Å². The van der Waals surface area contributed by atoms with Crippen LogP contribution in [-0.4, -0.2) is 24.3 Å². The molecule has 1 heterocycles. The summed E-state index contributed by atoms with van der Waals surface area (Å²) in [6.07, 6.45) is 0. The van der Waals surface area contributed by atoms with E-state index >= 15 is 0 Å². The number of rotatable bonds is 8. The van der Waals surface area contributed by atoms with Gasteiger partial charge in [0.1, 0.15) is 24.7 Å². The van der Waals surface area contributed by atoms with Gasteiger partial charge in [0, 0.05) is 16.7 Å². The first-order chi connectivity index (χ1) is 13.1. The molecule has 3 rings (SSSR count). The van der Waals surface area contributed by atoms with Crippen LogP contribution in [0.4, 0.5) is 0 Å². The second-order valence-electron chi connectivity index (χ2n) is 6.01. The molecule has 27 heavy (non-hydrogen) atoms. The number of nitrogens with zero attached hydrogens (tertiary/aromatic N) is 1. The molecule has 0 aliphatic carbocycles. The molecular weight excluding hydrogens is 362 g/mol. The molecule has 0 atom stereocenters. The van der Waals surface area contributed by atoms with Crippen LogP contribution in [0.1, 0.15) is 27.4 Å². The van der Waals surface area contributed by atoms with Gasteiger partial charge in [-0.25, -0.2) is 4.79 Å². The Morgan fingerprint density at radius 1 is 1.07 bits per heavy atom.